The zero-order chi connectivity index (χ0) is 11.0. The first kappa shape index (κ1) is 12.0. The van der Waals surface area contributed by atoms with Gasteiger partial charge in [-0.2, -0.15) is 0 Å². The second kappa shape index (κ2) is 3.52. The third kappa shape index (κ3) is 3.61. The predicted molar refractivity (Wildman–Crippen MR) is 61.3 cm³/mol. The summed E-state index contributed by atoms with van der Waals surface area (Å²) in [5, 5.41) is 10.4. The monoisotopic (exact) mass is 198 g/mol. The fourth-order valence-electron chi connectivity index (χ4n) is 2.46. The quantitative estimate of drug-likeness (QED) is 0.716. The molecule has 1 aliphatic carbocycles. The summed E-state index contributed by atoms with van der Waals surface area (Å²) in [6.45, 7) is 11.3. The van der Waals surface area contributed by atoms with Gasteiger partial charge in [-0.1, -0.05) is 34.6 Å². The van der Waals surface area contributed by atoms with Crippen LogP contribution in [-0.2, 0) is 0 Å². The molecule has 1 atom stereocenters. The molecule has 0 heterocycles. The van der Waals surface area contributed by atoms with E-state index in [9.17, 15) is 5.11 Å². The number of rotatable bonds is 2. The summed E-state index contributed by atoms with van der Waals surface area (Å²) >= 11 is 0. The molecule has 84 valence electrons. The van der Waals surface area contributed by atoms with Gasteiger partial charge in [0.05, 0.1) is 5.60 Å². The van der Waals surface area contributed by atoms with Gasteiger partial charge in [0.15, 0.2) is 0 Å². The standard InChI is InChI=1S/C13H26O/c1-11(2,3)6-8-13(14)9-7-12(4,5)10-13/h14H,6-10H2,1-5H3. The van der Waals surface area contributed by atoms with E-state index in [1.165, 1.54) is 6.42 Å². The van der Waals surface area contributed by atoms with Crippen molar-refractivity contribution in [1.29, 1.82) is 0 Å². The van der Waals surface area contributed by atoms with Crippen LogP contribution in [0.25, 0.3) is 0 Å². The summed E-state index contributed by atoms with van der Waals surface area (Å²) in [5.41, 5.74) is 0.339. The molecule has 1 fully saturated rings. The molecule has 0 aliphatic heterocycles. The molecule has 1 unspecified atom stereocenters. The molecule has 1 saturated carbocycles. The Morgan fingerprint density at radius 3 is 2.07 bits per heavy atom. The highest BCUT2D eigenvalue weighted by atomic mass is 16.3. The number of hydrogen-bond acceptors (Lipinski definition) is 1. The Hall–Kier alpha value is -0.0400. The van der Waals surface area contributed by atoms with Gasteiger partial charge in [-0.15, -0.1) is 0 Å². The van der Waals surface area contributed by atoms with Gasteiger partial charge in [-0.3, -0.25) is 0 Å². The highest BCUT2D eigenvalue weighted by Crippen LogP contribution is 2.46. The van der Waals surface area contributed by atoms with Gasteiger partial charge in [0, 0.05) is 0 Å². The molecule has 14 heavy (non-hydrogen) atoms. The molecule has 0 aromatic heterocycles. The highest BCUT2D eigenvalue weighted by molar-refractivity contribution is 4.94. The minimum atomic E-state index is -0.364. The Morgan fingerprint density at radius 2 is 1.71 bits per heavy atom. The zero-order valence-electron chi connectivity index (χ0n) is 10.5. The van der Waals surface area contributed by atoms with Crippen molar-refractivity contribution in [3.63, 3.8) is 0 Å². The van der Waals surface area contributed by atoms with Crippen LogP contribution >= 0.6 is 0 Å². The van der Waals surface area contributed by atoms with Crippen LogP contribution in [0.2, 0.25) is 0 Å². The van der Waals surface area contributed by atoms with Crippen LogP contribution in [0.3, 0.4) is 0 Å². The Labute approximate surface area is 88.9 Å². The number of hydrogen-bond donors (Lipinski definition) is 1. The first-order valence-corrected chi connectivity index (χ1v) is 5.84. The summed E-state index contributed by atoms with van der Waals surface area (Å²) in [5.74, 6) is 0. The lowest BCUT2D eigenvalue weighted by Crippen LogP contribution is -2.27. The first-order chi connectivity index (χ1) is 6.12. The maximum atomic E-state index is 10.4. The van der Waals surface area contributed by atoms with Crippen molar-refractivity contribution < 1.29 is 5.11 Å². The maximum Gasteiger partial charge on any atom is 0.0653 e. The van der Waals surface area contributed by atoms with Crippen molar-refractivity contribution in [2.75, 3.05) is 0 Å². The molecular formula is C13H26O. The fourth-order valence-corrected chi connectivity index (χ4v) is 2.46. The molecule has 0 bridgehead atoms. The lowest BCUT2D eigenvalue weighted by molar-refractivity contribution is 0.0186. The molecule has 0 aromatic carbocycles. The van der Waals surface area contributed by atoms with Crippen molar-refractivity contribution in [2.24, 2.45) is 10.8 Å². The van der Waals surface area contributed by atoms with Crippen LogP contribution < -0.4 is 0 Å². The van der Waals surface area contributed by atoms with E-state index in [2.05, 4.69) is 34.6 Å². The van der Waals surface area contributed by atoms with E-state index < -0.39 is 0 Å². The van der Waals surface area contributed by atoms with Gasteiger partial charge >= 0.3 is 0 Å². The summed E-state index contributed by atoms with van der Waals surface area (Å²) in [6, 6.07) is 0. The van der Waals surface area contributed by atoms with Crippen LogP contribution in [0, 0.1) is 10.8 Å². The van der Waals surface area contributed by atoms with Crippen LogP contribution in [0.4, 0.5) is 0 Å². The lowest BCUT2D eigenvalue weighted by Gasteiger charge is -2.28. The SMILES string of the molecule is CC(C)(C)CCC1(O)CCC(C)(C)C1. The highest BCUT2D eigenvalue weighted by Gasteiger charge is 2.41. The van der Waals surface area contributed by atoms with Gasteiger partial charge < -0.3 is 5.11 Å². The van der Waals surface area contributed by atoms with Crippen molar-refractivity contribution in [3.05, 3.63) is 0 Å². The first-order valence-electron chi connectivity index (χ1n) is 5.84. The lowest BCUT2D eigenvalue weighted by atomic mass is 9.82. The molecule has 1 aliphatic rings. The largest absolute Gasteiger partial charge is 0.390 e. The second-order valence-corrected chi connectivity index (χ2v) is 7.13. The Kier molecular flexibility index (Phi) is 3.02. The molecule has 1 rings (SSSR count). The van der Waals surface area contributed by atoms with E-state index in [1.807, 2.05) is 0 Å². The van der Waals surface area contributed by atoms with E-state index >= 15 is 0 Å². The van der Waals surface area contributed by atoms with Crippen molar-refractivity contribution in [3.8, 4) is 0 Å². The fraction of sp³-hybridized carbons (Fsp3) is 1.00. The van der Waals surface area contributed by atoms with E-state index in [1.54, 1.807) is 0 Å². The molecule has 0 spiro atoms. The van der Waals surface area contributed by atoms with Crippen LogP contribution in [0.1, 0.15) is 66.7 Å². The third-order valence-electron chi connectivity index (χ3n) is 3.42. The van der Waals surface area contributed by atoms with Gasteiger partial charge in [0.25, 0.3) is 0 Å². The normalized spacial score (nSPS) is 32.1. The van der Waals surface area contributed by atoms with E-state index in [0.29, 0.717) is 10.8 Å². The average molecular weight is 198 g/mol. The van der Waals surface area contributed by atoms with Crippen LogP contribution in [-0.4, -0.2) is 10.7 Å². The Bertz CT molecular complexity index is 200. The predicted octanol–water partition coefficient (Wildman–Crippen LogP) is 3.75. The second-order valence-electron chi connectivity index (χ2n) is 7.13. The van der Waals surface area contributed by atoms with Gasteiger partial charge in [0.1, 0.15) is 0 Å². The van der Waals surface area contributed by atoms with Crippen LogP contribution in [0.15, 0.2) is 0 Å². The summed E-state index contributed by atoms with van der Waals surface area (Å²) in [6.07, 6.45) is 5.25. The van der Waals surface area contributed by atoms with Crippen molar-refractivity contribution in [2.45, 2.75) is 72.3 Å². The molecular weight excluding hydrogens is 172 g/mol. The third-order valence-corrected chi connectivity index (χ3v) is 3.42. The molecule has 1 heteroatoms. The topological polar surface area (TPSA) is 20.2 Å². The van der Waals surface area contributed by atoms with E-state index in [0.717, 1.165) is 25.7 Å². The Balaban J connectivity index is 2.45. The zero-order valence-corrected chi connectivity index (χ0v) is 10.5. The van der Waals surface area contributed by atoms with Gasteiger partial charge in [-0.05, 0) is 42.9 Å². The molecule has 0 aromatic rings. The summed E-state index contributed by atoms with van der Waals surface area (Å²) in [4.78, 5) is 0. The van der Waals surface area contributed by atoms with Gasteiger partial charge in [0.2, 0.25) is 0 Å². The van der Waals surface area contributed by atoms with Gasteiger partial charge in [-0.25, -0.2) is 0 Å². The smallest absolute Gasteiger partial charge is 0.0653 e. The summed E-state index contributed by atoms with van der Waals surface area (Å²) < 4.78 is 0. The minimum absolute atomic E-state index is 0.350. The average Bonchev–Trinajstić information content (AvgIpc) is 2.22. The molecule has 1 nitrogen and oxygen atoms in total. The van der Waals surface area contributed by atoms with E-state index in [4.69, 9.17) is 0 Å². The summed E-state index contributed by atoms with van der Waals surface area (Å²) in [7, 11) is 0. The molecule has 0 saturated heterocycles. The van der Waals surface area contributed by atoms with Crippen LogP contribution in [0.5, 0.6) is 0 Å². The minimum Gasteiger partial charge on any atom is -0.390 e. The van der Waals surface area contributed by atoms with Crippen molar-refractivity contribution >= 4 is 0 Å². The molecule has 0 amide bonds. The van der Waals surface area contributed by atoms with E-state index in [-0.39, 0.29) is 5.60 Å². The van der Waals surface area contributed by atoms with Crippen molar-refractivity contribution in [1.82, 2.24) is 0 Å². The molecule has 0 radical (unpaired) electrons. The maximum absolute atomic E-state index is 10.4. The Morgan fingerprint density at radius 1 is 1.14 bits per heavy atom. The molecule has 1 N–H and O–H groups in total. The number of aliphatic hydroxyl groups is 1.